The SMILES string of the molecule is Cc1ncc(NC(=O)CC/C(=N\I)c2ccc(Cl)c(Cl)c2)cn1. The summed E-state index contributed by atoms with van der Waals surface area (Å²) in [5, 5.41) is 3.70. The maximum atomic E-state index is 12.0. The van der Waals surface area contributed by atoms with Crippen LogP contribution >= 0.6 is 46.1 Å². The zero-order valence-corrected chi connectivity index (χ0v) is 15.9. The minimum absolute atomic E-state index is 0.130. The van der Waals surface area contributed by atoms with E-state index in [4.69, 9.17) is 23.2 Å². The van der Waals surface area contributed by atoms with Crippen molar-refractivity contribution in [1.29, 1.82) is 0 Å². The summed E-state index contributed by atoms with van der Waals surface area (Å²) in [6.45, 7) is 1.78. The summed E-state index contributed by atoms with van der Waals surface area (Å²) in [5.41, 5.74) is 2.20. The van der Waals surface area contributed by atoms with Gasteiger partial charge in [0.2, 0.25) is 5.91 Å². The van der Waals surface area contributed by atoms with Gasteiger partial charge in [-0.15, -0.1) is 0 Å². The summed E-state index contributed by atoms with van der Waals surface area (Å²) in [6.07, 6.45) is 3.93. The molecule has 1 aromatic carbocycles. The first-order valence-corrected chi connectivity index (χ1v) is 8.43. The highest BCUT2D eigenvalue weighted by Crippen LogP contribution is 2.24. The Bertz CT molecular complexity index is 735. The molecule has 2 rings (SSSR count). The Balaban J connectivity index is 1.96. The predicted molar refractivity (Wildman–Crippen MR) is 102 cm³/mol. The number of nitrogens with zero attached hydrogens (tertiary/aromatic N) is 3. The van der Waals surface area contributed by atoms with Crippen molar-refractivity contribution in [3.63, 3.8) is 0 Å². The smallest absolute Gasteiger partial charge is 0.224 e. The molecule has 0 radical (unpaired) electrons. The van der Waals surface area contributed by atoms with E-state index in [2.05, 4.69) is 18.5 Å². The molecule has 0 aliphatic carbocycles. The monoisotopic (exact) mass is 462 g/mol. The van der Waals surface area contributed by atoms with E-state index in [1.165, 1.54) is 0 Å². The Kier molecular flexibility index (Phi) is 6.73. The van der Waals surface area contributed by atoms with Crippen molar-refractivity contribution in [2.75, 3.05) is 5.32 Å². The van der Waals surface area contributed by atoms with Crippen molar-refractivity contribution >= 4 is 63.4 Å². The van der Waals surface area contributed by atoms with Crippen LogP contribution in [0.15, 0.2) is 33.8 Å². The Labute approximate surface area is 158 Å². The van der Waals surface area contributed by atoms with Gasteiger partial charge in [0.15, 0.2) is 0 Å². The molecule has 1 amide bonds. The van der Waals surface area contributed by atoms with E-state index in [1.807, 2.05) is 28.9 Å². The van der Waals surface area contributed by atoms with E-state index < -0.39 is 0 Å². The van der Waals surface area contributed by atoms with Gasteiger partial charge in [-0.1, -0.05) is 29.3 Å². The number of amides is 1. The van der Waals surface area contributed by atoms with E-state index in [-0.39, 0.29) is 12.3 Å². The molecule has 0 unspecified atom stereocenters. The van der Waals surface area contributed by atoms with Gasteiger partial charge in [-0.2, -0.15) is 0 Å². The molecule has 0 atom stereocenters. The Morgan fingerprint density at radius 1 is 1.22 bits per heavy atom. The average Bonchev–Trinajstić information content (AvgIpc) is 2.53. The largest absolute Gasteiger partial charge is 0.323 e. The second-order valence-electron chi connectivity index (χ2n) is 4.73. The minimum atomic E-state index is -0.130. The number of carbonyl (C=O) groups is 1. The number of benzene rings is 1. The molecule has 0 aliphatic heterocycles. The van der Waals surface area contributed by atoms with Crippen molar-refractivity contribution in [2.45, 2.75) is 19.8 Å². The minimum Gasteiger partial charge on any atom is -0.323 e. The van der Waals surface area contributed by atoms with Crippen molar-refractivity contribution in [3.8, 4) is 0 Å². The van der Waals surface area contributed by atoms with Crippen molar-refractivity contribution < 1.29 is 4.79 Å². The van der Waals surface area contributed by atoms with Gasteiger partial charge in [0.25, 0.3) is 0 Å². The van der Waals surface area contributed by atoms with Crippen LogP contribution in [0.3, 0.4) is 0 Å². The molecular formula is C15H13Cl2IN4O. The van der Waals surface area contributed by atoms with E-state index >= 15 is 0 Å². The van der Waals surface area contributed by atoms with Crippen LogP contribution in [0.2, 0.25) is 10.0 Å². The Morgan fingerprint density at radius 3 is 2.52 bits per heavy atom. The third-order valence-corrected chi connectivity index (χ3v) is 4.33. The number of aromatic nitrogens is 2. The van der Waals surface area contributed by atoms with Crippen LogP contribution in [0.1, 0.15) is 24.2 Å². The molecule has 0 fully saturated rings. The molecule has 0 spiro atoms. The molecular weight excluding hydrogens is 450 g/mol. The first kappa shape index (κ1) is 18.1. The summed E-state index contributed by atoms with van der Waals surface area (Å²) in [7, 11) is 0. The fraction of sp³-hybridized carbons (Fsp3) is 0.200. The van der Waals surface area contributed by atoms with Crippen molar-refractivity contribution in [3.05, 3.63) is 52.0 Å². The van der Waals surface area contributed by atoms with Crippen LogP contribution < -0.4 is 5.32 Å². The zero-order chi connectivity index (χ0) is 16.8. The van der Waals surface area contributed by atoms with E-state index in [0.717, 1.165) is 11.3 Å². The molecule has 120 valence electrons. The number of anilines is 1. The number of carbonyl (C=O) groups excluding carboxylic acids is 1. The summed E-state index contributed by atoms with van der Waals surface area (Å²) in [4.78, 5) is 20.1. The lowest BCUT2D eigenvalue weighted by Gasteiger charge is -2.08. The van der Waals surface area contributed by atoms with Gasteiger partial charge in [-0.25, -0.2) is 13.2 Å². The average molecular weight is 463 g/mol. The number of rotatable bonds is 5. The van der Waals surface area contributed by atoms with E-state index in [9.17, 15) is 4.79 Å². The Hall–Kier alpha value is -1.25. The predicted octanol–water partition coefficient (Wildman–Crippen LogP) is 4.65. The molecule has 2 aromatic rings. The summed E-state index contributed by atoms with van der Waals surface area (Å²) < 4.78 is 4.20. The molecule has 0 saturated heterocycles. The van der Waals surface area contributed by atoms with Crippen LogP contribution in [0, 0.1) is 6.92 Å². The lowest BCUT2D eigenvalue weighted by Crippen LogP contribution is -2.14. The van der Waals surface area contributed by atoms with Crippen LogP contribution in [0.5, 0.6) is 0 Å². The zero-order valence-electron chi connectivity index (χ0n) is 12.2. The van der Waals surface area contributed by atoms with Crippen molar-refractivity contribution in [1.82, 2.24) is 9.97 Å². The summed E-state index contributed by atoms with van der Waals surface area (Å²) >= 11 is 13.8. The summed E-state index contributed by atoms with van der Waals surface area (Å²) in [6, 6.07) is 5.29. The Morgan fingerprint density at radius 2 is 1.91 bits per heavy atom. The maximum absolute atomic E-state index is 12.0. The number of hydrogen-bond donors (Lipinski definition) is 1. The third kappa shape index (κ3) is 5.40. The highest BCUT2D eigenvalue weighted by Gasteiger charge is 2.10. The van der Waals surface area contributed by atoms with Crippen LogP contribution in [0.4, 0.5) is 5.69 Å². The lowest BCUT2D eigenvalue weighted by molar-refractivity contribution is -0.116. The van der Waals surface area contributed by atoms with Gasteiger partial charge in [-0.3, -0.25) is 4.79 Å². The molecule has 1 N–H and O–H groups in total. The second kappa shape index (κ2) is 8.56. The van der Waals surface area contributed by atoms with Gasteiger partial charge in [0.05, 0.1) is 56.7 Å². The molecule has 1 heterocycles. The first-order valence-electron chi connectivity index (χ1n) is 6.71. The highest BCUT2D eigenvalue weighted by molar-refractivity contribution is 14.1. The van der Waals surface area contributed by atoms with Gasteiger partial charge in [0.1, 0.15) is 5.82 Å². The number of halogens is 3. The maximum Gasteiger partial charge on any atom is 0.224 e. The second-order valence-corrected chi connectivity index (χ2v) is 6.02. The summed E-state index contributed by atoms with van der Waals surface area (Å²) in [5.74, 6) is 0.525. The van der Waals surface area contributed by atoms with Crippen molar-refractivity contribution in [2.24, 2.45) is 3.21 Å². The molecule has 0 aliphatic rings. The van der Waals surface area contributed by atoms with Gasteiger partial charge >= 0.3 is 0 Å². The number of nitrogens with one attached hydrogen (secondary N) is 1. The standard InChI is InChI=1S/C15H13Cl2IN4O/c1-9-19-7-11(8-20-9)21-15(23)5-4-14(22-18)10-2-3-12(16)13(17)6-10/h2-3,6-8H,4-5H2,1H3,(H,21,23)/b22-14+. The molecule has 8 heteroatoms. The fourth-order valence-electron chi connectivity index (χ4n) is 1.82. The van der Waals surface area contributed by atoms with Crippen LogP contribution in [-0.2, 0) is 4.79 Å². The molecule has 0 saturated carbocycles. The topological polar surface area (TPSA) is 67.2 Å². The van der Waals surface area contributed by atoms with Gasteiger partial charge in [0, 0.05) is 6.42 Å². The lowest BCUT2D eigenvalue weighted by atomic mass is 10.1. The third-order valence-electron chi connectivity index (χ3n) is 3.01. The number of hydrogen-bond acceptors (Lipinski definition) is 4. The number of aryl methyl sites for hydroxylation is 1. The highest BCUT2D eigenvalue weighted by atomic mass is 127. The molecule has 1 aromatic heterocycles. The van der Waals surface area contributed by atoms with Gasteiger partial charge < -0.3 is 5.32 Å². The first-order chi connectivity index (χ1) is 11.0. The van der Waals surface area contributed by atoms with E-state index in [0.29, 0.717) is 28.0 Å². The fourth-order valence-corrected chi connectivity index (χ4v) is 2.64. The molecule has 0 bridgehead atoms. The van der Waals surface area contributed by atoms with Crippen LogP contribution in [0.25, 0.3) is 0 Å². The van der Waals surface area contributed by atoms with E-state index in [1.54, 1.807) is 31.5 Å². The quantitative estimate of drug-likeness (QED) is 0.519. The molecule has 5 nitrogen and oxygen atoms in total. The molecule has 23 heavy (non-hydrogen) atoms. The normalized spacial score (nSPS) is 11.4. The van der Waals surface area contributed by atoms with Gasteiger partial charge in [-0.05, 0) is 31.0 Å². The van der Waals surface area contributed by atoms with Crippen LogP contribution in [-0.4, -0.2) is 21.6 Å².